The van der Waals surface area contributed by atoms with E-state index in [4.69, 9.17) is 16.7 Å². The number of carboxylic acid groups (broad SMARTS) is 1. The van der Waals surface area contributed by atoms with Crippen molar-refractivity contribution in [2.45, 2.75) is 82.6 Å². The van der Waals surface area contributed by atoms with E-state index in [0.717, 1.165) is 30.6 Å². The van der Waals surface area contributed by atoms with Crippen LogP contribution in [0.15, 0.2) is 12.1 Å². The van der Waals surface area contributed by atoms with E-state index in [2.05, 4.69) is 6.92 Å². The third-order valence-corrected chi connectivity index (χ3v) is 7.08. The van der Waals surface area contributed by atoms with E-state index in [0.29, 0.717) is 23.1 Å². The highest BCUT2D eigenvalue weighted by Gasteiger charge is 2.40. The Morgan fingerprint density at radius 2 is 1.88 bits per heavy atom. The number of alkyl halides is 1. The maximum Gasteiger partial charge on any atom is 0.345 e. The largest absolute Gasteiger partial charge is 0.477 e. The summed E-state index contributed by atoms with van der Waals surface area (Å²) in [6.07, 6.45) is 10.8. The Kier molecular flexibility index (Phi) is 8.74. The van der Waals surface area contributed by atoms with Crippen molar-refractivity contribution >= 4 is 28.9 Å². The summed E-state index contributed by atoms with van der Waals surface area (Å²) in [4.78, 5) is 12.5. The van der Waals surface area contributed by atoms with Crippen LogP contribution in [-0.2, 0) is 6.42 Å². The number of hydrogen-bond acceptors (Lipinski definition) is 3. The number of thiophene rings is 1. The van der Waals surface area contributed by atoms with Gasteiger partial charge in [-0.2, -0.15) is 0 Å². The number of aryl methyl sites for hydroxylation is 1. The molecule has 0 aliphatic heterocycles. The number of aliphatic hydroxyl groups is 1. The number of rotatable bonds is 11. The first-order valence-electron chi connectivity index (χ1n) is 9.67. The van der Waals surface area contributed by atoms with Crippen LogP contribution in [0.1, 0.15) is 79.3 Å². The molecule has 1 heterocycles. The predicted molar refractivity (Wildman–Crippen MR) is 105 cm³/mol. The third-order valence-electron chi connectivity index (χ3n) is 5.45. The van der Waals surface area contributed by atoms with Gasteiger partial charge in [0.25, 0.3) is 0 Å². The quantitative estimate of drug-likeness (QED) is 0.377. The fourth-order valence-corrected chi connectivity index (χ4v) is 5.44. The van der Waals surface area contributed by atoms with Gasteiger partial charge in [-0.15, -0.1) is 22.9 Å². The molecule has 2 rings (SSSR count). The molecular formula is C20H31ClO3S. The van der Waals surface area contributed by atoms with Crippen molar-refractivity contribution in [2.75, 3.05) is 0 Å². The van der Waals surface area contributed by atoms with Crippen LogP contribution >= 0.6 is 22.9 Å². The SMILES string of the molecule is CCCCCCC[C@@H]1[C@@H](CCCc2ccc(C(=O)O)s2)[C@H](Cl)C[C@H]1O. The molecule has 1 aromatic rings. The van der Waals surface area contributed by atoms with Crippen molar-refractivity contribution in [3.63, 3.8) is 0 Å². The summed E-state index contributed by atoms with van der Waals surface area (Å²) in [6, 6.07) is 3.60. The Balaban J connectivity index is 1.77. The molecule has 0 radical (unpaired) electrons. The lowest BCUT2D eigenvalue weighted by molar-refractivity contribution is 0.0702. The predicted octanol–water partition coefficient (Wildman–Crippen LogP) is 5.73. The number of unbranched alkanes of at least 4 members (excludes halogenated alkanes) is 4. The average molecular weight is 387 g/mol. The Hall–Kier alpha value is -0.580. The van der Waals surface area contributed by atoms with Crippen molar-refractivity contribution < 1.29 is 15.0 Å². The van der Waals surface area contributed by atoms with Gasteiger partial charge in [-0.3, -0.25) is 0 Å². The van der Waals surface area contributed by atoms with E-state index >= 15 is 0 Å². The lowest BCUT2D eigenvalue weighted by Crippen LogP contribution is -2.21. The van der Waals surface area contributed by atoms with Crippen LogP contribution in [0.4, 0.5) is 0 Å². The van der Waals surface area contributed by atoms with Gasteiger partial charge in [0.2, 0.25) is 0 Å². The second-order valence-corrected chi connectivity index (χ2v) is 9.04. The van der Waals surface area contributed by atoms with Gasteiger partial charge in [0.1, 0.15) is 4.88 Å². The molecule has 0 saturated heterocycles. The zero-order valence-electron chi connectivity index (χ0n) is 15.1. The summed E-state index contributed by atoms with van der Waals surface area (Å²) in [7, 11) is 0. The topological polar surface area (TPSA) is 57.5 Å². The average Bonchev–Trinajstić information content (AvgIpc) is 3.14. The maximum atomic E-state index is 11.0. The van der Waals surface area contributed by atoms with Crippen LogP contribution in [0.3, 0.4) is 0 Å². The van der Waals surface area contributed by atoms with Gasteiger partial charge >= 0.3 is 5.97 Å². The van der Waals surface area contributed by atoms with Crippen molar-refractivity contribution in [3.05, 3.63) is 21.9 Å². The normalized spacial score (nSPS) is 26.2. The molecule has 5 heteroatoms. The van der Waals surface area contributed by atoms with Crippen LogP contribution in [0.5, 0.6) is 0 Å². The summed E-state index contributed by atoms with van der Waals surface area (Å²) in [6.45, 7) is 2.22. The Labute approximate surface area is 160 Å². The molecule has 2 N–H and O–H groups in total. The smallest absolute Gasteiger partial charge is 0.345 e. The highest BCUT2D eigenvalue weighted by atomic mass is 35.5. The van der Waals surface area contributed by atoms with Crippen molar-refractivity contribution in [3.8, 4) is 0 Å². The van der Waals surface area contributed by atoms with Crippen LogP contribution in [0, 0.1) is 11.8 Å². The fraction of sp³-hybridized carbons (Fsp3) is 0.750. The minimum absolute atomic E-state index is 0.0774. The molecule has 0 amide bonds. The summed E-state index contributed by atoms with van der Waals surface area (Å²) in [5, 5.41) is 19.4. The second kappa shape index (κ2) is 10.5. The molecule has 0 spiro atoms. The number of halogens is 1. The van der Waals surface area contributed by atoms with Crippen LogP contribution < -0.4 is 0 Å². The van der Waals surface area contributed by atoms with Crippen molar-refractivity contribution in [2.24, 2.45) is 11.8 Å². The third kappa shape index (κ3) is 6.26. The van der Waals surface area contributed by atoms with E-state index in [1.54, 1.807) is 6.07 Å². The van der Waals surface area contributed by atoms with Crippen molar-refractivity contribution in [1.82, 2.24) is 0 Å². The van der Waals surface area contributed by atoms with Gasteiger partial charge in [0.15, 0.2) is 0 Å². The molecular weight excluding hydrogens is 356 g/mol. The van der Waals surface area contributed by atoms with Gasteiger partial charge in [-0.05, 0) is 56.1 Å². The molecule has 0 aromatic carbocycles. The zero-order valence-corrected chi connectivity index (χ0v) is 16.7. The van der Waals surface area contributed by atoms with E-state index in [-0.39, 0.29) is 11.5 Å². The lowest BCUT2D eigenvalue weighted by atomic mass is 9.86. The van der Waals surface area contributed by atoms with E-state index in [9.17, 15) is 9.90 Å². The van der Waals surface area contributed by atoms with Crippen LogP contribution in [-0.4, -0.2) is 27.7 Å². The number of carbonyl (C=O) groups is 1. The molecule has 25 heavy (non-hydrogen) atoms. The minimum atomic E-state index is -0.848. The number of carboxylic acids is 1. The molecule has 0 unspecified atom stereocenters. The first kappa shape index (κ1) is 20.7. The number of aromatic carboxylic acids is 1. The lowest BCUT2D eigenvalue weighted by Gasteiger charge is -2.23. The molecule has 0 bridgehead atoms. The van der Waals surface area contributed by atoms with Crippen LogP contribution in [0.2, 0.25) is 0 Å². The van der Waals surface area contributed by atoms with Gasteiger partial charge in [-0.1, -0.05) is 39.0 Å². The first-order chi connectivity index (χ1) is 12.0. The van der Waals surface area contributed by atoms with Gasteiger partial charge < -0.3 is 10.2 Å². The molecule has 1 aromatic heterocycles. The zero-order chi connectivity index (χ0) is 18.2. The summed E-state index contributed by atoms with van der Waals surface area (Å²) in [5.74, 6) is -0.122. The highest BCUT2D eigenvalue weighted by molar-refractivity contribution is 7.13. The number of aliphatic hydroxyl groups excluding tert-OH is 1. The molecule has 1 fully saturated rings. The summed E-state index contributed by atoms with van der Waals surface area (Å²) >= 11 is 7.89. The van der Waals surface area contributed by atoms with E-state index in [1.165, 1.54) is 43.4 Å². The molecule has 1 saturated carbocycles. The number of hydrogen-bond donors (Lipinski definition) is 2. The Morgan fingerprint density at radius 3 is 2.56 bits per heavy atom. The molecule has 1 aliphatic carbocycles. The molecule has 4 atom stereocenters. The van der Waals surface area contributed by atoms with E-state index < -0.39 is 5.97 Å². The molecule has 3 nitrogen and oxygen atoms in total. The molecule has 1 aliphatic rings. The van der Waals surface area contributed by atoms with Crippen LogP contribution in [0.25, 0.3) is 0 Å². The Morgan fingerprint density at radius 1 is 1.16 bits per heavy atom. The molecule has 142 valence electrons. The minimum Gasteiger partial charge on any atom is -0.477 e. The van der Waals surface area contributed by atoms with Gasteiger partial charge in [0, 0.05) is 10.3 Å². The highest BCUT2D eigenvalue weighted by Crippen LogP contribution is 2.42. The van der Waals surface area contributed by atoms with Gasteiger partial charge in [0.05, 0.1) is 6.10 Å². The first-order valence-corrected chi connectivity index (χ1v) is 10.9. The van der Waals surface area contributed by atoms with Crippen molar-refractivity contribution in [1.29, 1.82) is 0 Å². The Bertz CT molecular complexity index is 531. The van der Waals surface area contributed by atoms with Gasteiger partial charge in [-0.25, -0.2) is 4.79 Å². The summed E-state index contributed by atoms with van der Waals surface area (Å²) in [5.41, 5.74) is 0. The summed E-state index contributed by atoms with van der Waals surface area (Å²) < 4.78 is 0. The van der Waals surface area contributed by atoms with E-state index in [1.807, 2.05) is 6.07 Å². The maximum absolute atomic E-state index is 11.0. The standard InChI is InChI=1S/C20H31ClO3S/c1-2-3-4-5-6-9-16-15(17(21)13-18(16)22)10-7-8-14-11-12-19(25-14)20(23)24/h11-12,15-18,22H,2-10,13H2,1H3,(H,23,24)/t15-,16-,17-,18-/m1/s1. The fourth-order valence-electron chi connectivity index (χ4n) is 4.06. The second-order valence-electron chi connectivity index (χ2n) is 7.31. The monoisotopic (exact) mass is 386 g/mol.